The van der Waals surface area contributed by atoms with E-state index in [-0.39, 0.29) is 0 Å². The van der Waals surface area contributed by atoms with Gasteiger partial charge in [0.05, 0.1) is 6.61 Å². The van der Waals surface area contributed by atoms with Crippen molar-refractivity contribution in [2.24, 2.45) is 5.92 Å². The topological polar surface area (TPSA) is 38.2 Å². The van der Waals surface area contributed by atoms with E-state index in [0.29, 0.717) is 12.5 Å². The Kier molecular flexibility index (Phi) is 4.59. The maximum Gasteiger partial charge on any atom is 0.218 e. The van der Waals surface area contributed by atoms with E-state index in [0.717, 1.165) is 30.2 Å². The van der Waals surface area contributed by atoms with Crippen molar-refractivity contribution in [2.45, 2.75) is 19.8 Å². The van der Waals surface area contributed by atoms with Gasteiger partial charge in [0.1, 0.15) is 12.1 Å². The molecule has 0 saturated carbocycles. The van der Waals surface area contributed by atoms with Crippen molar-refractivity contribution in [2.75, 3.05) is 29.9 Å². The molecule has 0 aromatic carbocycles. The molecule has 1 fully saturated rings. The molecule has 5 heteroatoms. The molecule has 1 aliphatic rings. The van der Waals surface area contributed by atoms with Gasteiger partial charge in [-0.3, -0.25) is 0 Å². The Labute approximate surface area is 111 Å². The zero-order valence-corrected chi connectivity index (χ0v) is 11.7. The van der Waals surface area contributed by atoms with Crippen LogP contribution in [-0.2, 0) is 0 Å². The molecule has 1 saturated heterocycles. The Balaban J connectivity index is 2.00. The summed E-state index contributed by atoms with van der Waals surface area (Å²) in [6.45, 7) is 4.74. The van der Waals surface area contributed by atoms with Crippen LogP contribution in [0.15, 0.2) is 12.4 Å². The number of hydrogen-bond acceptors (Lipinski definition) is 4. The van der Waals surface area contributed by atoms with E-state index in [9.17, 15) is 0 Å². The summed E-state index contributed by atoms with van der Waals surface area (Å²) >= 11 is 3.56. The minimum Gasteiger partial charge on any atom is -0.478 e. The van der Waals surface area contributed by atoms with Crippen molar-refractivity contribution in [1.82, 2.24) is 9.97 Å². The van der Waals surface area contributed by atoms with Crippen LogP contribution in [-0.4, -0.2) is 35.0 Å². The second-order valence-corrected chi connectivity index (χ2v) is 4.88. The summed E-state index contributed by atoms with van der Waals surface area (Å²) in [4.78, 5) is 10.7. The van der Waals surface area contributed by atoms with Crippen LogP contribution in [0.4, 0.5) is 5.82 Å². The first kappa shape index (κ1) is 12.6. The summed E-state index contributed by atoms with van der Waals surface area (Å²) in [5.41, 5.74) is 0. The summed E-state index contributed by atoms with van der Waals surface area (Å²) in [7, 11) is 0. The molecule has 2 rings (SSSR count). The maximum absolute atomic E-state index is 5.39. The van der Waals surface area contributed by atoms with Gasteiger partial charge < -0.3 is 9.64 Å². The van der Waals surface area contributed by atoms with Crippen LogP contribution in [0.25, 0.3) is 0 Å². The van der Waals surface area contributed by atoms with Gasteiger partial charge >= 0.3 is 0 Å². The van der Waals surface area contributed by atoms with Crippen LogP contribution < -0.4 is 9.64 Å². The van der Waals surface area contributed by atoms with Crippen molar-refractivity contribution in [1.29, 1.82) is 0 Å². The molecule has 0 amide bonds. The summed E-state index contributed by atoms with van der Waals surface area (Å²) < 4.78 is 5.39. The predicted molar refractivity (Wildman–Crippen MR) is 71.9 cm³/mol. The monoisotopic (exact) mass is 299 g/mol. The molecular formula is C12H18BrN3O. The fourth-order valence-corrected chi connectivity index (χ4v) is 2.69. The van der Waals surface area contributed by atoms with Crippen LogP contribution in [0.3, 0.4) is 0 Å². The average molecular weight is 300 g/mol. The van der Waals surface area contributed by atoms with E-state index < -0.39 is 0 Å². The Bertz CT molecular complexity index is 353. The Hall–Kier alpha value is -0.840. The normalized spacial score (nSPS) is 17.2. The third kappa shape index (κ3) is 3.31. The molecular weight excluding hydrogens is 282 g/mol. The van der Waals surface area contributed by atoms with Gasteiger partial charge in [0.2, 0.25) is 5.88 Å². The highest BCUT2D eigenvalue weighted by Crippen LogP contribution is 2.24. The molecule has 1 aromatic heterocycles. The number of ether oxygens (including phenoxy) is 1. The van der Waals surface area contributed by atoms with Crippen LogP contribution in [0, 0.1) is 5.92 Å². The number of aromatic nitrogens is 2. The second kappa shape index (κ2) is 6.19. The summed E-state index contributed by atoms with van der Waals surface area (Å²) in [5, 5.41) is 1.11. The first-order valence-electron chi connectivity index (χ1n) is 6.09. The van der Waals surface area contributed by atoms with E-state index >= 15 is 0 Å². The van der Waals surface area contributed by atoms with Gasteiger partial charge in [0.25, 0.3) is 0 Å². The zero-order valence-electron chi connectivity index (χ0n) is 10.1. The maximum atomic E-state index is 5.39. The molecule has 1 aliphatic heterocycles. The van der Waals surface area contributed by atoms with Crippen LogP contribution in [0.2, 0.25) is 0 Å². The lowest BCUT2D eigenvalue weighted by Crippen LogP contribution is -2.34. The highest BCUT2D eigenvalue weighted by atomic mass is 79.9. The molecule has 0 N–H and O–H groups in total. The predicted octanol–water partition coefficient (Wildman–Crippen LogP) is 2.49. The molecule has 4 nitrogen and oxygen atoms in total. The summed E-state index contributed by atoms with van der Waals surface area (Å²) in [6, 6.07) is 1.93. The summed E-state index contributed by atoms with van der Waals surface area (Å²) in [6.07, 6.45) is 4.02. The number of nitrogens with zero attached hydrogens (tertiary/aromatic N) is 3. The summed E-state index contributed by atoms with van der Waals surface area (Å²) in [5.74, 6) is 2.45. The molecule has 0 aliphatic carbocycles. The van der Waals surface area contributed by atoms with Crippen LogP contribution in [0.1, 0.15) is 19.8 Å². The quantitative estimate of drug-likeness (QED) is 0.801. The highest BCUT2D eigenvalue weighted by molar-refractivity contribution is 9.09. The standard InChI is InChI=1S/C12H18BrN3O/c1-2-17-12-7-11(14-9-15-12)16-5-3-10(8-13)4-6-16/h7,9-10H,2-6,8H2,1H3. The fraction of sp³-hybridized carbons (Fsp3) is 0.667. The number of hydrogen-bond donors (Lipinski definition) is 0. The van der Waals surface area contributed by atoms with E-state index in [2.05, 4.69) is 30.8 Å². The Morgan fingerprint density at radius 2 is 2.18 bits per heavy atom. The van der Waals surface area contributed by atoms with Gasteiger partial charge in [-0.05, 0) is 25.7 Å². The minimum absolute atomic E-state index is 0.641. The molecule has 0 bridgehead atoms. The smallest absolute Gasteiger partial charge is 0.218 e. The third-order valence-corrected chi connectivity index (χ3v) is 3.99. The molecule has 17 heavy (non-hydrogen) atoms. The van der Waals surface area contributed by atoms with Gasteiger partial charge in [-0.1, -0.05) is 15.9 Å². The van der Waals surface area contributed by atoms with E-state index in [1.165, 1.54) is 12.8 Å². The number of halogens is 1. The Morgan fingerprint density at radius 3 is 2.82 bits per heavy atom. The third-order valence-electron chi connectivity index (χ3n) is 3.08. The Morgan fingerprint density at radius 1 is 1.41 bits per heavy atom. The molecule has 0 spiro atoms. The lowest BCUT2D eigenvalue weighted by atomic mass is 9.99. The molecule has 0 unspecified atom stereocenters. The van der Waals surface area contributed by atoms with Crippen molar-refractivity contribution in [3.63, 3.8) is 0 Å². The van der Waals surface area contributed by atoms with E-state index in [1.54, 1.807) is 6.33 Å². The number of rotatable bonds is 4. The van der Waals surface area contributed by atoms with Crippen molar-refractivity contribution in [3.8, 4) is 5.88 Å². The molecule has 94 valence electrons. The van der Waals surface area contributed by atoms with E-state index in [1.807, 2.05) is 13.0 Å². The lowest BCUT2D eigenvalue weighted by Gasteiger charge is -2.31. The molecule has 0 atom stereocenters. The SMILES string of the molecule is CCOc1cc(N2CCC(CBr)CC2)ncn1. The first-order valence-corrected chi connectivity index (χ1v) is 7.21. The number of alkyl halides is 1. The van der Waals surface area contributed by atoms with E-state index in [4.69, 9.17) is 4.74 Å². The largest absolute Gasteiger partial charge is 0.478 e. The van der Waals surface area contributed by atoms with Gasteiger partial charge in [-0.25, -0.2) is 9.97 Å². The van der Waals surface area contributed by atoms with Gasteiger partial charge in [-0.15, -0.1) is 0 Å². The van der Waals surface area contributed by atoms with Crippen molar-refractivity contribution in [3.05, 3.63) is 12.4 Å². The number of anilines is 1. The van der Waals surface area contributed by atoms with Gasteiger partial charge in [0.15, 0.2) is 0 Å². The second-order valence-electron chi connectivity index (χ2n) is 4.23. The van der Waals surface area contributed by atoms with Gasteiger partial charge in [-0.2, -0.15) is 0 Å². The van der Waals surface area contributed by atoms with Crippen LogP contribution in [0.5, 0.6) is 5.88 Å². The minimum atomic E-state index is 0.641. The van der Waals surface area contributed by atoms with Gasteiger partial charge in [0, 0.05) is 24.5 Å². The van der Waals surface area contributed by atoms with Crippen molar-refractivity contribution >= 4 is 21.7 Å². The molecule has 1 aromatic rings. The molecule has 0 radical (unpaired) electrons. The average Bonchev–Trinajstić information content (AvgIpc) is 2.40. The van der Waals surface area contributed by atoms with Crippen LogP contribution >= 0.6 is 15.9 Å². The highest BCUT2D eigenvalue weighted by Gasteiger charge is 2.19. The van der Waals surface area contributed by atoms with Crippen molar-refractivity contribution < 1.29 is 4.74 Å². The lowest BCUT2D eigenvalue weighted by molar-refractivity contribution is 0.326. The number of piperidine rings is 1. The fourth-order valence-electron chi connectivity index (χ4n) is 2.05. The zero-order chi connectivity index (χ0) is 12.1. The molecule has 2 heterocycles. The first-order chi connectivity index (χ1) is 8.33.